The molecule has 0 atom stereocenters. The van der Waals surface area contributed by atoms with Gasteiger partial charge in [-0.2, -0.15) is 0 Å². The highest BCUT2D eigenvalue weighted by Crippen LogP contribution is 2.30. The first kappa shape index (κ1) is 22.3. The van der Waals surface area contributed by atoms with Crippen LogP contribution in [0.15, 0.2) is 84.0 Å². The van der Waals surface area contributed by atoms with E-state index in [4.69, 9.17) is 28.2 Å². The Balaban J connectivity index is 1.46. The van der Waals surface area contributed by atoms with E-state index in [1.165, 1.54) is 11.8 Å². The van der Waals surface area contributed by atoms with Gasteiger partial charge in [0.25, 0.3) is 0 Å². The monoisotopic (exact) mass is 480 g/mol. The van der Waals surface area contributed by atoms with Crippen molar-refractivity contribution in [3.05, 3.63) is 88.9 Å². The van der Waals surface area contributed by atoms with Crippen molar-refractivity contribution in [1.82, 2.24) is 15.2 Å². The molecule has 8 heteroatoms. The standard InChI is InChI=1S/C24H18Cl2N4OS/c25-19-12-11-18(15-20(19)26)27-21(31)13-14-32-24-28-22(16-7-3-1-4-8-16)23(29-30-24)17-9-5-2-6-10-17/h1-12,15H,13-14H2,(H,27,31). The van der Waals surface area contributed by atoms with Crippen molar-refractivity contribution < 1.29 is 4.79 Å². The Hall–Kier alpha value is -2.93. The molecule has 160 valence electrons. The molecule has 3 aromatic carbocycles. The van der Waals surface area contributed by atoms with Gasteiger partial charge < -0.3 is 5.32 Å². The molecule has 1 amide bonds. The van der Waals surface area contributed by atoms with Crippen LogP contribution in [0.4, 0.5) is 5.69 Å². The Morgan fingerprint density at radius 3 is 2.12 bits per heavy atom. The van der Waals surface area contributed by atoms with Gasteiger partial charge in [-0.25, -0.2) is 4.98 Å². The van der Waals surface area contributed by atoms with Gasteiger partial charge in [0.15, 0.2) is 0 Å². The number of nitrogens with zero attached hydrogens (tertiary/aromatic N) is 3. The molecule has 0 bridgehead atoms. The van der Waals surface area contributed by atoms with E-state index >= 15 is 0 Å². The molecule has 0 saturated heterocycles. The summed E-state index contributed by atoms with van der Waals surface area (Å²) in [7, 11) is 0. The predicted molar refractivity (Wildman–Crippen MR) is 131 cm³/mol. The summed E-state index contributed by atoms with van der Waals surface area (Å²) in [5.41, 5.74) is 3.99. The van der Waals surface area contributed by atoms with Gasteiger partial charge in [-0.05, 0) is 18.2 Å². The largest absolute Gasteiger partial charge is 0.326 e. The summed E-state index contributed by atoms with van der Waals surface area (Å²) in [6, 6.07) is 24.7. The van der Waals surface area contributed by atoms with Crippen LogP contribution in [0.5, 0.6) is 0 Å². The lowest BCUT2D eigenvalue weighted by molar-refractivity contribution is -0.115. The molecule has 0 aliphatic heterocycles. The topological polar surface area (TPSA) is 67.8 Å². The van der Waals surface area contributed by atoms with E-state index in [0.29, 0.717) is 26.6 Å². The summed E-state index contributed by atoms with van der Waals surface area (Å²) in [6.07, 6.45) is 0.287. The fourth-order valence-electron chi connectivity index (χ4n) is 2.99. The third-order valence-corrected chi connectivity index (χ3v) is 6.10. The molecular weight excluding hydrogens is 463 g/mol. The first-order valence-corrected chi connectivity index (χ1v) is 11.6. The molecule has 0 aliphatic rings. The molecule has 0 unspecified atom stereocenters. The van der Waals surface area contributed by atoms with E-state index in [2.05, 4.69) is 15.5 Å². The summed E-state index contributed by atoms with van der Waals surface area (Å²) in [4.78, 5) is 17.0. The van der Waals surface area contributed by atoms with E-state index in [0.717, 1.165) is 22.5 Å². The molecule has 1 heterocycles. The number of carbonyl (C=O) groups excluding carboxylic acids is 1. The molecule has 0 aliphatic carbocycles. The first-order chi connectivity index (χ1) is 15.6. The molecule has 0 spiro atoms. The summed E-state index contributed by atoms with van der Waals surface area (Å²) in [5, 5.41) is 12.9. The molecular formula is C24H18Cl2N4OS. The highest BCUT2D eigenvalue weighted by molar-refractivity contribution is 7.99. The number of anilines is 1. The van der Waals surface area contributed by atoms with Crippen LogP contribution >= 0.6 is 35.0 Å². The number of thioether (sulfide) groups is 1. The van der Waals surface area contributed by atoms with Crippen LogP contribution in [-0.4, -0.2) is 26.8 Å². The van der Waals surface area contributed by atoms with Crippen molar-refractivity contribution in [2.45, 2.75) is 11.6 Å². The van der Waals surface area contributed by atoms with Gasteiger partial charge in [-0.3, -0.25) is 4.79 Å². The second kappa shape index (κ2) is 10.6. The van der Waals surface area contributed by atoms with E-state index in [1.54, 1.807) is 18.2 Å². The Morgan fingerprint density at radius 2 is 1.47 bits per heavy atom. The van der Waals surface area contributed by atoms with Crippen LogP contribution in [0, 0.1) is 0 Å². The Labute approximate surface area is 200 Å². The van der Waals surface area contributed by atoms with E-state index in [-0.39, 0.29) is 12.3 Å². The lowest BCUT2D eigenvalue weighted by Gasteiger charge is -2.09. The fraction of sp³-hybridized carbons (Fsp3) is 0.0833. The van der Waals surface area contributed by atoms with Crippen molar-refractivity contribution in [1.29, 1.82) is 0 Å². The zero-order valence-corrected chi connectivity index (χ0v) is 19.2. The molecule has 32 heavy (non-hydrogen) atoms. The lowest BCUT2D eigenvalue weighted by Crippen LogP contribution is -2.12. The van der Waals surface area contributed by atoms with Gasteiger partial charge in [0.1, 0.15) is 11.4 Å². The number of hydrogen-bond acceptors (Lipinski definition) is 5. The highest BCUT2D eigenvalue weighted by atomic mass is 35.5. The maximum atomic E-state index is 12.3. The Kier molecular flexibility index (Phi) is 7.37. The number of rotatable bonds is 7. The first-order valence-electron chi connectivity index (χ1n) is 9.83. The quantitative estimate of drug-likeness (QED) is 0.300. The molecule has 0 fully saturated rings. The van der Waals surface area contributed by atoms with Crippen LogP contribution in [-0.2, 0) is 4.79 Å². The molecule has 4 aromatic rings. The van der Waals surface area contributed by atoms with Crippen LogP contribution in [0.1, 0.15) is 6.42 Å². The van der Waals surface area contributed by atoms with Crippen molar-refractivity contribution in [2.75, 3.05) is 11.1 Å². The van der Waals surface area contributed by atoms with Gasteiger partial charge in [0.2, 0.25) is 11.1 Å². The number of aromatic nitrogens is 3. The van der Waals surface area contributed by atoms with Crippen molar-refractivity contribution in [3.63, 3.8) is 0 Å². The number of hydrogen-bond donors (Lipinski definition) is 1. The SMILES string of the molecule is O=C(CCSc1nnc(-c2ccccc2)c(-c2ccccc2)n1)Nc1ccc(Cl)c(Cl)c1. The summed E-state index contributed by atoms with van der Waals surface area (Å²) >= 11 is 13.3. The minimum atomic E-state index is -0.131. The smallest absolute Gasteiger partial charge is 0.225 e. The number of benzene rings is 3. The van der Waals surface area contributed by atoms with Crippen LogP contribution in [0.2, 0.25) is 10.0 Å². The van der Waals surface area contributed by atoms with Crippen LogP contribution in [0.25, 0.3) is 22.5 Å². The Morgan fingerprint density at radius 1 is 0.812 bits per heavy atom. The van der Waals surface area contributed by atoms with Gasteiger partial charge in [0, 0.05) is 29.0 Å². The number of halogens is 2. The van der Waals surface area contributed by atoms with Crippen molar-refractivity contribution >= 4 is 46.6 Å². The number of amides is 1. The fourth-order valence-corrected chi connectivity index (χ4v) is 4.01. The number of carbonyl (C=O) groups is 1. The zero-order chi connectivity index (χ0) is 22.3. The molecule has 1 N–H and O–H groups in total. The average molecular weight is 481 g/mol. The highest BCUT2D eigenvalue weighted by Gasteiger charge is 2.14. The minimum Gasteiger partial charge on any atom is -0.326 e. The second-order valence-electron chi connectivity index (χ2n) is 6.80. The normalized spacial score (nSPS) is 10.7. The second-order valence-corrected chi connectivity index (χ2v) is 8.68. The van der Waals surface area contributed by atoms with E-state index in [9.17, 15) is 4.79 Å². The van der Waals surface area contributed by atoms with Crippen LogP contribution in [0.3, 0.4) is 0 Å². The predicted octanol–water partition coefficient (Wildman–Crippen LogP) is 6.63. The maximum absolute atomic E-state index is 12.3. The van der Waals surface area contributed by atoms with Gasteiger partial charge >= 0.3 is 0 Å². The summed E-state index contributed by atoms with van der Waals surface area (Å²) in [6.45, 7) is 0. The Bertz CT molecular complexity index is 1220. The summed E-state index contributed by atoms with van der Waals surface area (Å²) < 4.78 is 0. The molecule has 5 nitrogen and oxygen atoms in total. The van der Waals surface area contributed by atoms with Gasteiger partial charge in [-0.15, -0.1) is 10.2 Å². The number of nitrogens with one attached hydrogen (secondary N) is 1. The third kappa shape index (κ3) is 5.65. The summed E-state index contributed by atoms with van der Waals surface area (Å²) in [5.74, 6) is 0.376. The molecule has 0 radical (unpaired) electrons. The lowest BCUT2D eigenvalue weighted by atomic mass is 10.0. The molecule has 1 aromatic heterocycles. The zero-order valence-electron chi connectivity index (χ0n) is 16.8. The molecule has 0 saturated carbocycles. The van der Waals surface area contributed by atoms with Crippen molar-refractivity contribution in [2.24, 2.45) is 0 Å². The van der Waals surface area contributed by atoms with Crippen LogP contribution < -0.4 is 5.32 Å². The molecule has 4 rings (SSSR count). The van der Waals surface area contributed by atoms with Gasteiger partial charge in [0.05, 0.1) is 10.0 Å². The average Bonchev–Trinajstić information content (AvgIpc) is 2.82. The van der Waals surface area contributed by atoms with E-state index < -0.39 is 0 Å². The van der Waals surface area contributed by atoms with Gasteiger partial charge in [-0.1, -0.05) is 95.6 Å². The maximum Gasteiger partial charge on any atom is 0.225 e. The van der Waals surface area contributed by atoms with Crippen molar-refractivity contribution in [3.8, 4) is 22.5 Å². The minimum absolute atomic E-state index is 0.131. The third-order valence-electron chi connectivity index (χ3n) is 4.53. The van der Waals surface area contributed by atoms with E-state index in [1.807, 2.05) is 60.7 Å².